The molecule has 0 aromatic heterocycles. The standard InChI is InChI=1S/C31H27NO4S/c1-36-25-17-19-26(20-18-25)37(34,35)32-30(33)29-28(23-13-7-3-8-14-23)27(22-11-5-2-6-12-22)21-31(29,32)24-15-9-4-10-16-24/h2-20,27-29H,21H2,1H3/t27-,28+,29+,31-/m0/s1. The van der Waals surface area contributed by atoms with E-state index in [2.05, 4.69) is 24.3 Å². The molecule has 186 valence electrons. The second-order valence-electron chi connectivity index (χ2n) is 9.71. The zero-order valence-electron chi connectivity index (χ0n) is 20.4. The van der Waals surface area contributed by atoms with Gasteiger partial charge in [0.1, 0.15) is 5.75 Å². The summed E-state index contributed by atoms with van der Waals surface area (Å²) >= 11 is 0. The maximum absolute atomic E-state index is 14.1. The summed E-state index contributed by atoms with van der Waals surface area (Å²) in [6.07, 6.45) is 0.506. The molecule has 6 heteroatoms. The molecule has 4 aromatic carbocycles. The van der Waals surface area contributed by atoms with Gasteiger partial charge in [0, 0.05) is 5.92 Å². The van der Waals surface area contributed by atoms with E-state index >= 15 is 0 Å². The minimum absolute atomic E-state index is 0.0335. The summed E-state index contributed by atoms with van der Waals surface area (Å²) in [7, 11) is -2.59. The van der Waals surface area contributed by atoms with Gasteiger partial charge < -0.3 is 4.74 Å². The number of sulfonamides is 1. The third kappa shape index (κ3) is 3.50. The van der Waals surface area contributed by atoms with Crippen molar-refractivity contribution in [1.29, 1.82) is 0 Å². The molecular formula is C31H27NO4S. The van der Waals surface area contributed by atoms with Crippen LogP contribution in [0, 0.1) is 5.92 Å². The zero-order chi connectivity index (χ0) is 25.6. The molecule has 1 saturated carbocycles. The van der Waals surface area contributed by atoms with Gasteiger partial charge in [-0.2, -0.15) is 0 Å². The van der Waals surface area contributed by atoms with Gasteiger partial charge in [0.05, 0.1) is 23.5 Å². The highest BCUT2D eigenvalue weighted by molar-refractivity contribution is 7.89. The fourth-order valence-corrected chi connectivity index (χ4v) is 8.16. The quantitative estimate of drug-likeness (QED) is 0.313. The molecule has 37 heavy (non-hydrogen) atoms. The van der Waals surface area contributed by atoms with Crippen LogP contribution in [0.3, 0.4) is 0 Å². The summed E-state index contributed by atoms with van der Waals surface area (Å²) in [6, 6.07) is 36.0. The van der Waals surface area contributed by atoms with Crippen LogP contribution in [0.1, 0.15) is 34.9 Å². The molecule has 2 aliphatic rings. The average molecular weight is 510 g/mol. The van der Waals surface area contributed by atoms with E-state index in [1.807, 2.05) is 66.7 Å². The van der Waals surface area contributed by atoms with Crippen molar-refractivity contribution >= 4 is 15.9 Å². The molecule has 0 unspecified atom stereocenters. The number of β-lactam (4-membered cyclic amide) rings is 1. The highest BCUT2D eigenvalue weighted by atomic mass is 32.2. The normalized spacial score (nSPS) is 24.8. The first-order chi connectivity index (χ1) is 18.0. The Hall–Kier alpha value is -3.90. The second kappa shape index (κ2) is 8.89. The first-order valence-electron chi connectivity index (χ1n) is 12.4. The number of nitrogens with zero attached hydrogens (tertiary/aromatic N) is 1. The first-order valence-corrected chi connectivity index (χ1v) is 13.8. The molecule has 5 nitrogen and oxygen atoms in total. The van der Waals surface area contributed by atoms with E-state index in [0.717, 1.165) is 16.7 Å². The monoisotopic (exact) mass is 509 g/mol. The number of amides is 1. The Morgan fingerprint density at radius 2 is 1.30 bits per heavy atom. The van der Waals surface area contributed by atoms with Crippen LogP contribution in [0.15, 0.2) is 120 Å². The minimum Gasteiger partial charge on any atom is -0.497 e. The lowest BCUT2D eigenvalue weighted by Crippen LogP contribution is -2.68. The van der Waals surface area contributed by atoms with Gasteiger partial charge in [-0.1, -0.05) is 91.0 Å². The van der Waals surface area contributed by atoms with Crippen LogP contribution in [0.25, 0.3) is 0 Å². The number of methoxy groups -OCH3 is 1. The third-order valence-electron chi connectivity index (χ3n) is 7.95. The van der Waals surface area contributed by atoms with Crippen LogP contribution in [0.4, 0.5) is 0 Å². The SMILES string of the molecule is COc1ccc(S(=O)(=O)N2C(=O)[C@H]3[C@H](c4ccccc4)[C@H](c4ccccc4)C[C@]32c2ccccc2)cc1. The summed E-state index contributed by atoms with van der Waals surface area (Å²) in [5.41, 5.74) is 2.01. The van der Waals surface area contributed by atoms with Gasteiger partial charge >= 0.3 is 0 Å². The highest BCUT2D eigenvalue weighted by Crippen LogP contribution is 2.67. The van der Waals surface area contributed by atoms with Crippen LogP contribution >= 0.6 is 0 Å². The summed E-state index contributed by atoms with van der Waals surface area (Å²) in [6.45, 7) is 0. The Labute approximate surface area is 217 Å². The Balaban J connectivity index is 1.55. The van der Waals surface area contributed by atoms with Crippen molar-refractivity contribution in [3.05, 3.63) is 132 Å². The van der Waals surface area contributed by atoms with Crippen molar-refractivity contribution in [1.82, 2.24) is 4.31 Å². The van der Waals surface area contributed by atoms with Gasteiger partial charge in [0.25, 0.3) is 10.0 Å². The molecule has 0 bridgehead atoms. The van der Waals surface area contributed by atoms with E-state index in [1.54, 1.807) is 12.1 Å². The fourth-order valence-electron chi connectivity index (χ4n) is 6.40. The molecule has 0 spiro atoms. The summed E-state index contributed by atoms with van der Waals surface area (Å²) in [5.74, 6) is -0.492. The maximum atomic E-state index is 14.1. The average Bonchev–Trinajstić information content (AvgIpc) is 3.26. The summed E-state index contributed by atoms with van der Waals surface area (Å²) in [4.78, 5) is 14.1. The Morgan fingerprint density at radius 3 is 1.86 bits per heavy atom. The number of fused-ring (bicyclic) bond motifs is 1. The van der Waals surface area contributed by atoms with Crippen molar-refractivity contribution in [2.24, 2.45) is 5.92 Å². The van der Waals surface area contributed by atoms with Gasteiger partial charge in [-0.25, -0.2) is 12.7 Å². The summed E-state index contributed by atoms with van der Waals surface area (Å²) < 4.78 is 34.6. The third-order valence-corrected chi connectivity index (χ3v) is 9.80. The number of ether oxygens (including phenoxy) is 1. The van der Waals surface area contributed by atoms with Crippen molar-refractivity contribution in [2.45, 2.75) is 28.7 Å². The number of rotatable bonds is 6. The van der Waals surface area contributed by atoms with Crippen molar-refractivity contribution in [2.75, 3.05) is 7.11 Å². The molecular weight excluding hydrogens is 482 g/mol. The van der Waals surface area contributed by atoms with E-state index < -0.39 is 21.5 Å². The van der Waals surface area contributed by atoms with Gasteiger partial charge in [0.2, 0.25) is 5.91 Å². The molecule has 4 atom stereocenters. The van der Waals surface area contributed by atoms with Crippen molar-refractivity contribution in [3.63, 3.8) is 0 Å². The molecule has 4 aromatic rings. The van der Waals surface area contributed by atoms with Crippen LogP contribution in [0.5, 0.6) is 5.75 Å². The van der Waals surface area contributed by atoms with Crippen LogP contribution in [-0.4, -0.2) is 25.7 Å². The van der Waals surface area contributed by atoms with Gasteiger partial charge in [-0.3, -0.25) is 4.79 Å². The van der Waals surface area contributed by atoms with Gasteiger partial charge in [-0.05, 0) is 53.3 Å². The van der Waals surface area contributed by atoms with Crippen molar-refractivity contribution in [3.8, 4) is 5.75 Å². The van der Waals surface area contributed by atoms with Crippen molar-refractivity contribution < 1.29 is 17.9 Å². The van der Waals surface area contributed by atoms with E-state index in [0.29, 0.717) is 12.2 Å². The van der Waals surface area contributed by atoms with E-state index in [-0.39, 0.29) is 22.6 Å². The number of hydrogen-bond donors (Lipinski definition) is 0. The highest BCUT2D eigenvalue weighted by Gasteiger charge is 2.73. The number of carbonyl (C=O) groups excluding carboxylic acids is 1. The molecule has 1 heterocycles. The lowest BCUT2D eigenvalue weighted by Gasteiger charge is -2.54. The topological polar surface area (TPSA) is 63.7 Å². The van der Waals surface area contributed by atoms with Gasteiger partial charge in [0.15, 0.2) is 0 Å². The Kier molecular flexibility index (Phi) is 5.64. The number of carbonyl (C=O) groups is 1. The van der Waals surface area contributed by atoms with Crippen LogP contribution < -0.4 is 4.74 Å². The molecule has 6 rings (SSSR count). The zero-order valence-corrected chi connectivity index (χ0v) is 21.2. The molecule has 1 aliphatic carbocycles. The molecule has 1 amide bonds. The second-order valence-corrected chi connectivity index (χ2v) is 11.5. The van der Waals surface area contributed by atoms with E-state index in [4.69, 9.17) is 4.74 Å². The molecule has 0 N–H and O–H groups in total. The Morgan fingerprint density at radius 1 is 0.757 bits per heavy atom. The Bertz CT molecular complexity index is 1520. The predicted molar refractivity (Wildman–Crippen MR) is 142 cm³/mol. The van der Waals surface area contributed by atoms with Gasteiger partial charge in [-0.15, -0.1) is 0 Å². The van der Waals surface area contributed by atoms with E-state index in [1.165, 1.54) is 23.5 Å². The first kappa shape index (κ1) is 23.5. The lowest BCUT2D eigenvalue weighted by molar-refractivity contribution is -0.156. The van der Waals surface area contributed by atoms with E-state index in [9.17, 15) is 13.2 Å². The molecule has 2 fully saturated rings. The lowest BCUT2D eigenvalue weighted by atomic mass is 9.69. The summed E-state index contributed by atoms with van der Waals surface area (Å²) in [5, 5.41) is 0. The fraction of sp³-hybridized carbons (Fsp3) is 0.194. The molecule has 0 radical (unpaired) electrons. The van der Waals surface area contributed by atoms with Crippen LogP contribution in [0.2, 0.25) is 0 Å². The predicted octanol–water partition coefficient (Wildman–Crippen LogP) is 5.71. The molecule has 1 saturated heterocycles. The number of benzene rings is 4. The smallest absolute Gasteiger partial charge is 0.267 e. The largest absolute Gasteiger partial charge is 0.497 e. The molecule has 1 aliphatic heterocycles. The van der Waals surface area contributed by atoms with Crippen LogP contribution in [-0.2, 0) is 20.4 Å². The number of hydrogen-bond acceptors (Lipinski definition) is 4. The minimum atomic E-state index is -4.12. The maximum Gasteiger partial charge on any atom is 0.267 e.